The largest absolute Gasteiger partial charge is 0.756 e. The number of anilines is 1. The summed E-state index contributed by atoms with van der Waals surface area (Å²) < 4.78 is 68.1. The van der Waals surface area contributed by atoms with Crippen molar-refractivity contribution in [3.8, 4) is 0 Å². The van der Waals surface area contributed by atoms with Crippen molar-refractivity contribution in [1.82, 2.24) is 19.5 Å². The fourth-order valence-corrected chi connectivity index (χ4v) is 8.02. The summed E-state index contributed by atoms with van der Waals surface area (Å²) in [5.41, 5.74) is 11.1. The molecule has 3 aromatic rings. The van der Waals surface area contributed by atoms with E-state index in [1.165, 1.54) is 29.1 Å². The van der Waals surface area contributed by atoms with Gasteiger partial charge in [-0.05, 0) is 22.0 Å². The SMILES string of the molecule is NC(=O)c1ccc[n+]([C@@H]2O[C@@H](COP(=O)([O-])OP(=O)(O)OC[C@@H]3O[C@@H](n4c(Br)nc5c(N)ncnc54)[C@H](OP(=O)(O)O)[C@H]3O)[C@H](O)[C@H]2O)c1. The number of aliphatic hydroxyl groups is 3. The highest BCUT2D eigenvalue weighted by atomic mass is 79.9. The number of hydrogen-bond acceptors (Lipinski definition) is 18. The molecule has 49 heavy (non-hydrogen) atoms. The average molecular weight is 822 g/mol. The van der Waals surface area contributed by atoms with Gasteiger partial charge in [0.2, 0.25) is 0 Å². The Morgan fingerprint density at radius 3 is 2.41 bits per heavy atom. The monoisotopic (exact) mass is 821 g/mol. The Balaban J connectivity index is 1.23. The normalized spacial score (nSPS) is 30.0. The maximum Gasteiger partial charge on any atom is 0.478 e. The third kappa shape index (κ3) is 8.57. The molecule has 2 fully saturated rings. The summed E-state index contributed by atoms with van der Waals surface area (Å²) in [6, 6.07) is 2.77. The highest BCUT2D eigenvalue weighted by Crippen LogP contribution is 2.59. The summed E-state index contributed by atoms with van der Waals surface area (Å²) >= 11 is 3.12. The standard InChI is InChI=1S/C21H27BrN7O17P3/c22-21-27-11-16(23)25-7-26-18(11)29(21)20-15(45-47(34,35)36)13(31)10(44-20)6-42-49(39,40)46-48(37,38)41-5-9-12(30)14(32)19(43-9)28-3-1-2-8(4-28)17(24)33/h1-4,7,9-10,12-15,19-20,30-32H,5-6H2,(H7-,23,24,25,26,33,34,35,36,37,38,39,40)/t9-,10-,12-,13-,14+,15+,19+,20+/m0/s1. The third-order valence-corrected chi connectivity index (χ3v) is 10.7. The number of rotatable bonds is 13. The number of nitrogen functional groups attached to an aromatic ring is 1. The van der Waals surface area contributed by atoms with Crippen LogP contribution in [0.1, 0.15) is 22.8 Å². The molecule has 2 unspecified atom stereocenters. The smallest absolute Gasteiger partial charge is 0.478 e. The average Bonchev–Trinajstić information content (AvgIpc) is 3.60. The predicted octanol–water partition coefficient (Wildman–Crippen LogP) is -2.77. The van der Waals surface area contributed by atoms with E-state index in [0.29, 0.717) is 0 Å². The second-order valence-corrected chi connectivity index (χ2v) is 15.2. The van der Waals surface area contributed by atoms with Gasteiger partial charge in [0.25, 0.3) is 20.0 Å². The Morgan fingerprint density at radius 2 is 1.73 bits per heavy atom. The summed E-state index contributed by atoms with van der Waals surface area (Å²) in [5.74, 6) is -0.886. The van der Waals surface area contributed by atoms with Crippen molar-refractivity contribution in [3.05, 3.63) is 41.2 Å². The van der Waals surface area contributed by atoms with Crippen LogP contribution in [0.4, 0.5) is 5.82 Å². The molecule has 24 nitrogen and oxygen atoms in total. The Kier molecular flexibility index (Phi) is 11.1. The lowest BCUT2D eigenvalue weighted by Gasteiger charge is -2.26. The molecule has 0 spiro atoms. The lowest BCUT2D eigenvalue weighted by molar-refractivity contribution is -0.765. The van der Waals surface area contributed by atoms with E-state index in [4.69, 9.17) is 25.5 Å². The van der Waals surface area contributed by atoms with E-state index >= 15 is 0 Å². The number of imidazole rings is 1. The van der Waals surface area contributed by atoms with Gasteiger partial charge in [-0.1, -0.05) is 0 Å². The molecule has 1 amide bonds. The van der Waals surface area contributed by atoms with E-state index in [9.17, 15) is 53.4 Å². The maximum absolute atomic E-state index is 12.6. The molecule has 3 aromatic heterocycles. The van der Waals surface area contributed by atoms with Crippen LogP contribution in [0.25, 0.3) is 11.2 Å². The molecule has 2 aliphatic rings. The van der Waals surface area contributed by atoms with E-state index in [1.807, 2.05) is 0 Å². The number of fused-ring (bicyclic) bond motifs is 1. The number of carbonyl (C=O) groups is 1. The molecule has 2 saturated heterocycles. The van der Waals surface area contributed by atoms with Gasteiger partial charge in [0.05, 0.1) is 13.2 Å². The molecule has 28 heteroatoms. The lowest BCUT2D eigenvalue weighted by Crippen LogP contribution is -2.46. The van der Waals surface area contributed by atoms with Crippen molar-refractivity contribution in [3.63, 3.8) is 0 Å². The number of pyridine rings is 1. The van der Waals surface area contributed by atoms with Crippen molar-refractivity contribution in [1.29, 1.82) is 0 Å². The fourth-order valence-electron chi connectivity index (χ4n) is 4.88. The van der Waals surface area contributed by atoms with E-state index < -0.39 is 91.7 Å². The summed E-state index contributed by atoms with van der Waals surface area (Å²) in [6.07, 6.45) is -9.84. The molecule has 0 bridgehead atoms. The van der Waals surface area contributed by atoms with Crippen molar-refractivity contribution >= 4 is 62.3 Å². The van der Waals surface area contributed by atoms with Gasteiger partial charge in [0.1, 0.15) is 42.4 Å². The summed E-state index contributed by atoms with van der Waals surface area (Å²) in [4.78, 5) is 64.8. The fraction of sp³-hybridized carbons (Fsp3) is 0.476. The topological polar surface area (TPSA) is 368 Å². The number of amides is 1. The molecule has 270 valence electrons. The van der Waals surface area contributed by atoms with Gasteiger partial charge in [-0.15, -0.1) is 0 Å². The van der Waals surface area contributed by atoms with Crippen LogP contribution in [0, 0.1) is 0 Å². The number of halogens is 1. The first-order valence-electron chi connectivity index (χ1n) is 13.4. The Hall–Kier alpha value is -2.38. The van der Waals surface area contributed by atoms with Gasteiger partial charge < -0.3 is 60.4 Å². The van der Waals surface area contributed by atoms with Crippen LogP contribution in [0.3, 0.4) is 0 Å². The van der Waals surface area contributed by atoms with Crippen molar-refractivity contribution in [2.45, 2.75) is 49.1 Å². The molecule has 5 heterocycles. The van der Waals surface area contributed by atoms with Gasteiger partial charge in [0, 0.05) is 6.07 Å². The zero-order valence-electron chi connectivity index (χ0n) is 24.2. The number of nitrogens with zero attached hydrogens (tertiary/aromatic N) is 5. The number of primary amides is 1. The number of nitrogens with two attached hydrogens (primary N) is 2. The van der Waals surface area contributed by atoms with Gasteiger partial charge in [-0.25, -0.2) is 28.4 Å². The Morgan fingerprint density at radius 1 is 1.06 bits per heavy atom. The van der Waals surface area contributed by atoms with Crippen LogP contribution < -0.4 is 20.9 Å². The molecular formula is C21H27BrN7O17P3. The van der Waals surface area contributed by atoms with Crippen LogP contribution in [-0.4, -0.2) is 105 Å². The number of hydrogen-bond donors (Lipinski definition) is 8. The van der Waals surface area contributed by atoms with Crippen molar-refractivity contribution in [2.24, 2.45) is 5.73 Å². The van der Waals surface area contributed by atoms with E-state index in [2.05, 4.69) is 44.2 Å². The zero-order chi connectivity index (χ0) is 36.1. The molecule has 5 rings (SSSR count). The number of phosphoric acid groups is 3. The molecule has 0 radical (unpaired) electrons. The van der Waals surface area contributed by atoms with Crippen molar-refractivity contribution in [2.75, 3.05) is 18.9 Å². The molecule has 0 aromatic carbocycles. The number of phosphoric ester groups is 3. The Bertz CT molecular complexity index is 1870. The first-order valence-corrected chi connectivity index (χ1v) is 18.7. The second-order valence-electron chi connectivity index (χ2n) is 10.3. The predicted molar refractivity (Wildman–Crippen MR) is 156 cm³/mol. The molecular weight excluding hydrogens is 795 g/mol. The van der Waals surface area contributed by atoms with Crippen LogP contribution in [0.2, 0.25) is 0 Å². The second kappa shape index (κ2) is 14.3. The van der Waals surface area contributed by atoms with Crippen LogP contribution in [0.5, 0.6) is 0 Å². The van der Waals surface area contributed by atoms with Crippen LogP contribution in [-0.2, 0) is 41.1 Å². The zero-order valence-corrected chi connectivity index (χ0v) is 28.5. The first kappa shape index (κ1) is 37.9. The Labute approximate surface area is 281 Å². The minimum Gasteiger partial charge on any atom is -0.756 e. The molecule has 10 atom stereocenters. The molecule has 0 aliphatic carbocycles. The summed E-state index contributed by atoms with van der Waals surface area (Å²) in [7, 11) is -16.7. The van der Waals surface area contributed by atoms with Gasteiger partial charge >= 0.3 is 15.6 Å². The maximum atomic E-state index is 12.6. The molecule has 10 N–H and O–H groups in total. The summed E-state index contributed by atoms with van der Waals surface area (Å²) in [6.45, 7) is -2.14. The van der Waals surface area contributed by atoms with E-state index in [1.54, 1.807) is 0 Å². The minimum absolute atomic E-state index is 0.0261. The highest BCUT2D eigenvalue weighted by Gasteiger charge is 2.51. The summed E-state index contributed by atoms with van der Waals surface area (Å²) in [5, 5.41) is 31.6. The number of ether oxygens (including phenoxy) is 2. The molecule has 2 aliphatic heterocycles. The minimum atomic E-state index is -5.74. The van der Waals surface area contributed by atoms with Crippen LogP contribution >= 0.6 is 39.4 Å². The molecule has 0 saturated carbocycles. The van der Waals surface area contributed by atoms with Crippen LogP contribution in [0.15, 0.2) is 35.6 Å². The number of carbonyl (C=O) groups excluding carboxylic acids is 1. The van der Waals surface area contributed by atoms with E-state index in [-0.39, 0.29) is 27.3 Å². The van der Waals surface area contributed by atoms with Gasteiger partial charge in [0.15, 0.2) is 46.4 Å². The lowest BCUT2D eigenvalue weighted by atomic mass is 10.1. The van der Waals surface area contributed by atoms with Gasteiger partial charge in [-0.3, -0.25) is 23.0 Å². The van der Waals surface area contributed by atoms with E-state index in [0.717, 1.165) is 10.9 Å². The van der Waals surface area contributed by atoms with Gasteiger partial charge in [-0.2, -0.15) is 4.57 Å². The number of aromatic nitrogens is 5. The first-order chi connectivity index (χ1) is 22.8. The number of aliphatic hydroxyl groups excluding tert-OH is 3. The highest BCUT2D eigenvalue weighted by molar-refractivity contribution is 9.10. The van der Waals surface area contributed by atoms with Crippen molar-refractivity contribution < 1.29 is 85.3 Å². The third-order valence-electron chi connectivity index (χ3n) is 7.03. The quantitative estimate of drug-likeness (QED) is 0.0491.